The fourth-order valence-corrected chi connectivity index (χ4v) is 3.20. The molecule has 0 aliphatic carbocycles. The highest BCUT2D eigenvalue weighted by molar-refractivity contribution is 7.99. The van der Waals surface area contributed by atoms with E-state index in [0.29, 0.717) is 28.6 Å². The first kappa shape index (κ1) is 15.6. The Balaban J connectivity index is 1.99. The molecule has 0 spiro atoms. The van der Waals surface area contributed by atoms with Gasteiger partial charge in [-0.25, -0.2) is 0 Å². The zero-order valence-corrected chi connectivity index (χ0v) is 12.8. The van der Waals surface area contributed by atoms with Crippen molar-refractivity contribution in [3.63, 3.8) is 0 Å². The highest BCUT2D eigenvalue weighted by Gasteiger charge is 2.24. The Hall–Kier alpha value is -0.810. The molecule has 1 N–H and O–H groups in total. The van der Waals surface area contributed by atoms with Gasteiger partial charge in [-0.3, -0.25) is 0 Å². The number of hydrogen-bond acceptors (Lipinski definition) is 3. The summed E-state index contributed by atoms with van der Waals surface area (Å²) in [4.78, 5) is 2.91. The average molecular weight is 300 g/mol. The fraction of sp³-hybridized carbons (Fsp3) is 0.600. The Morgan fingerprint density at radius 3 is 2.80 bits per heavy atom. The minimum atomic E-state index is -2.36. The van der Waals surface area contributed by atoms with Gasteiger partial charge < -0.3 is 10.2 Å². The molecule has 1 aromatic rings. The molecule has 0 bridgehead atoms. The molecule has 20 heavy (non-hydrogen) atoms. The molecule has 1 fully saturated rings. The van der Waals surface area contributed by atoms with Gasteiger partial charge in [0.1, 0.15) is 0 Å². The SMILES string of the molecule is CC(C)NCC1CCN(c2ccccc2SC(F)F)C1. The predicted molar refractivity (Wildman–Crippen MR) is 81.8 cm³/mol. The normalized spacial score (nSPS) is 19.3. The smallest absolute Gasteiger partial charge is 0.288 e. The van der Waals surface area contributed by atoms with Gasteiger partial charge in [0.05, 0.1) is 5.69 Å². The molecule has 2 nitrogen and oxygen atoms in total. The van der Waals surface area contributed by atoms with Gasteiger partial charge in [0.25, 0.3) is 5.76 Å². The molecular weight excluding hydrogens is 278 g/mol. The first-order chi connectivity index (χ1) is 9.56. The van der Waals surface area contributed by atoms with Crippen molar-refractivity contribution < 1.29 is 8.78 Å². The standard InChI is InChI=1S/C15H22F2N2S/c1-11(2)18-9-12-7-8-19(10-12)13-5-3-4-6-14(13)20-15(16)17/h3-6,11-12,15,18H,7-10H2,1-2H3. The summed E-state index contributed by atoms with van der Waals surface area (Å²) in [6.45, 7) is 7.17. The first-order valence-corrected chi connectivity index (χ1v) is 7.96. The molecule has 1 aliphatic rings. The van der Waals surface area contributed by atoms with E-state index < -0.39 is 5.76 Å². The number of thioether (sulfide) groups is 1. The third-order valence-electron chi connectivity index (χ3n) is 3.52. The van der Waals surface area contributed by atoms with Gasteiger partial charge in [-0.1, -0.05) is 37.7 Å². The maximum absolute atomic E-state index is 12.6. The molecule has 0 aromatic heterocycles. The summed E-state index contributed by atoms with van der Waals surface area (Å²) in [6, 6.07) is 7.97. The van der Waals surface area contributed by atoms with E-state index in [-0.39, 0.29) is 0 Å². The third-order valence-corrected chi connectivity index (χ3v) is 4.30. The van der Waals surface area contributed by atoms with Crippen molar-refractivity contribution in [2.24, 2.45) is 5.92 Å². The van der Waals surface area contributed by atoms with Gasteiger partial charge in [0, 0.05) is 24.0 Å². The molecule has 1 atom stereocenters. The van der Waals surface area contributed by atoms with E-state index in [1.807, 2.05) is 18.2 Å². The highest BCUT2D eigenvalue weighted by Crippen LogP contribution is 2.36. The molecule has 5 heteroatoms. The Bertz CT molecular complexity index is 426. The monoisotopic (exact) mass is 300 g/mol. The zero-order chi connectivity index (χ0) is 14.5. The first-order valence-electron chi connectivity index (χ1n) is 7.08. The van der Waals surface area contributed by atoms with Gasteiger partial charge in [-0.05, 0) is 31.0 Å². The minimum absolute atomic E-state index is 0.491. The molecule has 0 saturated carbocycles. The van der Waals surface area contributed by atoms with E-state index in [9.17, 15) is 8.78 Å². The Kier molecular flexibility index (Phi) is 5.66. The molecular formula is C15H22F2N2S. The summed E-state index contributed by atoms with van der Waals surface area (Å²) in [5, 5.41) is 3.45. The minimum Gasteiger partial charge on any atom is -0.370 e. The van der Waals surface area contributed by atoms with Gasteiger partial charge in [0.2, 0.25) is 0 Å². The number of alkyl halides is 2. The quantitative estimate of drug-likeness (QED) is 0.804. The molecule has 1 unspecified atom stereocenters. The maximum Gasteiger partial charge on any atom is 0.288 e. The van der Waals surface area contributed by atoms with Gasteiger partial charge in [-0.2, -0.15) is 8.78 Å². The lowest BCUT2D eigenvalue weighted by Crippen LogP contribution is -2.30. The summed E-state index contributed by atoms with van der Waals surface area (Å²) in [5.41, 5.74) is 0.949. The number of hydrogen-bond donors (Lipinski definition) is 1. The van der Waals surface area contributed by atoms with Crippen LogP contribution < -0.4 is 10.2 Å². The topological polar surface area (TPSA) is 15.3 Å². The van der Waals surface area contributed by atoms with Crippen LogP contribution in [0, 0.1) is 5.92 Å². The summed E-state index contributed by atoms with van der Waals surface area (Å²) >= 11 is 0.641. The zero-order valence-electron chi connectivity index (χ0n) is 12.0. The van der Waals surface area contributed by atoms with Gasteiger partial charge >= 0.3 is 0 Å². The van der Waals surface area contributed by atoms with Crippen molar-refractivity contribution in [1.82, 2.24) is 5.32 Å². The number of nitrogens with zero attached hydrogens (tertiary/aromatic N) is 1. The van der Waals surface area contributed by atoms with Crippen LogP contribution in [0.15, 0.2) is 29.2 Å². The third kappa shape index (κ3) is 4.35. The number of benzene rings is 1. The highest BCUT2D eigenvalue weighted by atomic mass is 32.2. The molecule has 1 aromatic carbocycles. The lowest BCUT2D eigenvalue weighted by atomic mass is 10.1. The Morgan fingerprint density at radius 2 is 2.10 bits per heavy atom. The van der Waals surface area contributed by atoms with Crippen molar-refractivity contribution in [3.8, 4) is 0 Å². The second-order valence-corrected chi connectivity index (χ2v) is 6.54. The van der Waals surface area contributed by atoms with Crippen LogP contribution in [0.3, 0.4) is 0 Å². The lowest BCUT2D eigenvalue weighted by molar-refractivity contribution is 0.252. The second kappa shape index (κ2) is 7.27. The number of rotatable bonds is 6. The van der Waals surface area contributed by atoms with E-state index in [1.165, 1.54) is 0 Å². The molecule has 2 rings (SSSR count). The number of para-hydroxylation sites is 1. The van der Waals surface area contributed by atoms with Crippen LogP contribution in [0.25, 0.3) is 0 Å². The van der Waals surface area contributed by atoms with E-state index in [0.717, 1.165) is 31.7 Å². The van der Waals surface area contributed by atoms with E-state index >= 15 is 0 Å². The summed E-state index contributed by atoms with van der Waals surface area (Å²) in [6.07, 6.45) is 1.12. The molecule has 0 radical (unpaired) electrons. The maximum atomic E-state index is 12.6. The molecule has 1 saturated heterocycles. The Morgan fingerprint density at radius 1 is 1.35 bits per heavy atom. The van der Waals surface area contributed by atoms with Crippen molar-refractivity contribution >= 4 is 17.4 Å². The van der Waals surface area contributed by atoms with Crippen LogP contribution in [0.2, 0.25) is 0 Å². The second-order valence-electron chi connectivity index (χ2n) is 5.51. The van der Waals surface area contributed by atoms with Crippen LogP contribution in [0.1, 0.15) is 20.3 Å². The van der Waals surface area contributed by atoms with Crippen LogP contribution in [0.5, 0.6) is 0 Å². The van der Waals surface area contributed by atoms with Gasteiger partial charge in [-0.15, -0.1) is 0 Å². The summed E-state index contributed by atoms with van der Waals surface area (Å²) < 4.78 is 25.2. The van der Waals surface area contributed by atoms with Crippen LogP contribution in [0.4, 0.5) is 14.5 Å². The van der Waals surface area contributed by atoms with E-state index in [4.69, 9.17) is 0 Å². The van der Waals surface area contributed by atoms with Crippen LogP contribution in [-0.4, -0.2) is 31.4 Å². The average Bonchev–Trinajstić information content (AvgIpc) is 2.85. The van der Waals surface area contributed by atoms with Crippen LogP contribution in [-0.2, 0) is 0 Å². The van der Waals surface area contributed by atoms with Gasteiger partial charge in [0.15, 0.2) is 0 Å². The predicted octanol–water partition coefficient (Wildman–Crippen LogP) is 3.83. The fourth-order valence-electron chi connectivity index (χ4n) is 2.53. The number of nitrogens with one attached hydrogen (secondary N) is 1. The lowest BCUT2D eigenvalue weighted by Gasteiger charge is -2.22. The van der Waals surface area contributed by atoms with Crippen molar-refractivity contribution in [2.75, 3.05) is 24.5 Å². The summed E-state index contributed by atoms with van der Waals surface area (Å²) in [7, 11) is 0. The van der Waals surface area contributed by atoms with Crippen LogP contribution >= 0.6 is 11.8 Å². The molecule has 112 valence electrons. The van der Waals surface area contributed by atoms with Crippen molar-refractivity contribution in [2.45, 2.75) is 37.0 Å². The molecule has 1 aliphatic heterocycles. The molecule has 1 heterocycles. The van der Waals surface area contributed by atoms with E-state index in [1.54, 1.807) is 6.07 Å². The van der Waals surface area contributed by atoms with Crippen molar-refractivity contribution in [1.29, 1.82) is 0 Å². The van der Waals surface area contributed by atoms with Crippen molar-refractivity contribution in [3.05, 3.63) is 24.3 Å². The number of anilines is 1. The molecule has 0 amide bonds. The largest absolute Gasteiger partial charge is 0.370 e. The van der Waals surface area contributed by atoms with E-state index in [2.05, 4.69) is 24.1 Å². The Labute approximate surface area is 123 Å². The summed E-state index contributed by atoms with van der Waals surface area (Å²) in [5.74, 6) is -1.76. The number of halogens is 2.